The minimum Gasteiger partial charge on any atom is -0.454 e. The molecule has 0 amide bonds. The summed E-state index contributed by atoms with van der Waals surface area (Å²) < 4.78 is 17.2. The summed E-state index contributed by atoms with van der Waals surface area (Å²) in [5, 5.41) is 0. The number of fused-ring (bicyclic) bond motifs is 3. The van der Waals surface area contributed by atoms with Crippen molar-refractivity contribution in [2.45, 2.75) is 26.9 Å². The molecule has 5 atom stereocenters. The van der Waals surface area contributed by atoms with Crippen molar-refractivity contribution in [1.29, 1.82) is 0 Å². The fourth-order valence-corrected chi connectivity index (χ4v) is 4.34. The van der Waals surface area contributed by atoms with Gasteiger partial charge in [-0.15, -0.1) is 0 Å². The van der Waals surface area contributed by atoms with Gasteiger partial charge in [-0.25, -0.2) is 0 Å². The summed E-state index contributed by atoms with van der Waals surface area (Å²) in [6.45, 7) is 8.11. The van der Waals surface area contributed by atoms with Gasteiger partial charge < -0.3 is 14.2 Å². The van der Waals surface area contributed by atoms with Crippen molar-refractivity contribution < 1.29 is 14.2 Å². The summed E-state index contributed by atoms with van der Waals surface area (Å²) in [4.78, 5) is 0. The molecular weight excluding hydrogens is 264 g/mol. The van der Waals surface area contributed by atoms with E-state index in [2.05, 4.69) is 39.0 Å². The van der Waals surface area contributed by atoms with Gasteiger partial charge in [-0.3, -0.25) is 0 Å². The third-order valence-electron chi connectivity index (χ3n) is 5.49. The summed E-state index contributed by atoms with van der Waals surface area (Å²) in [5.74, 6) is 4.08. The average molecular weight is 286 g/mol. The van der Waals surface area contributed by atoms with Crippen LogP contribution in [-0.4, -0.2) is 13.4 Å². The normalized spacial score (nSPS) is 37.3. The van der Waals surface area contributed by atoms with Gasteiger partial charge in [-0.2, -0.15) is 0 Å². The second-order valence-corrected chi connectivity index (χ2v) is 6.69. The molecule has 0 radical (unpaired) electrons. The Balaban J connectivity index is 1.71. The second-order valence-electron chi connectivity index (χ2n) is 6.69. The van der Waals surface area contributed by atoms with Crippen LogP contribution in [0.2, 0.25) is 0 Å². The van der Waals surface area contributed by atoms with Crippen LogP contribution in [0, 0.1) is 23.7 Å². The molecule has 0 unspecified atom stereocenters. The van der Waals surface area contributed by atoms with Crippen LogP contribution in [0.1, 0.15) is 32.4 Å². The molecule has 0 aromatic heterocycles. The monoisotopic (exact) mass is 286 g/mol. The fraction of sp³-hybridized carbons (Fsp3) is 0.556. The number of benzene rings is 1. The molecule has 0 spiro atoms. The van der Waals surface area contributed by atoms with Gasteiger partial charge in [0.05, 0.1) is 12.7 Å². The molecule has 1 aromatic carbocycles. The highest BCUT2D eigenvalue weighted by Crippen LogP contribution is 2.50. The molecule has 2 aliphatic heterocycles. The molecule has 112 valence electrons. The molecule has 1 aromatic rings. The van der Waals surface area contributed by atoms with Crippen LogP contribution in [0.25, 0.3) is 0 Å². The van der Waals surface area contributed by atoms with Gasteiger partial charge in [0.15, 0.2) is 11.5 Å². The van der Waals surface area contributed by atoms with E-state index < -0.39 is 0 Å². The largest absolute Gasteiger partial charge is 0.454 e. The number of allylic oxidation sites excluding steroid dienone is 1. The zero-order chi connectivity index (χ0) is 14.6. The van der Waals surface area contributed by atoms with Gasteiger partial charge in [-0.05, 0) is 42.4 Å². The van der Waals surface area contributed by atoms with Gasteiger partial charge in [0, 0.05) is 5.92 Å². The van der Waals surface area contributed by atoms with E-state index in [1.54, 1.807) is 0 Å². The van der Waals surface area contributed by atoms with Crippen LogP contribution in [0.4, 0.5) is 0 Å². The van der Waals surface area contributed by atoms with Crippen molar-refractivity contribution in [2.24, 2.45) is 23.7 Å². The predicted molar refractivity (Wildman–Crippen MR) is 80.3 cm³/mol. The Morgan fingerprint density at radius 1 is 1.10 bits per heavy atom. The highest BCUT2D eigenvalue weighted by Gasteiger charge is 2.43. The number of hydrogen-bond donors (Lipinski definition) is 0. The highest BCUT2D eigenvalue weighted by molar-refractivity contribution is 5.45. The van der Waals surface area contributed by atoms with Crippen molar-refractivity contribution in [3.05, 3.63) is 35.4 Å². The Kier molecular flexibility index (Phi) is 3.00. The number of hydrogen-bond acceptors (Lipinski definition) is 3. The molecule has 1 fully saturated rings. The second kappa shape index (κ2) is 4.77. The molecular formula is C18H22O3. The molecule has 21 heavy (non-hydrogen) atoms. The molecule has 4 rings (SSSR count). The Morgan fingerprint density at radius 3 is 2.76 bits per heavy atom. The van der Waals surface area contributed by atoms with Crippen LogP contribution in [0.15, 0.2) is 29.8 Å². The molecule has 0 saturated carbocycles. The van der Waals surface area contributed by atoms with Crippen LogP contribution in [-0.2, 0) is 4.74 Å². The maximum Gasteiger partial charge on any atom is 0.231 e. The van der Waals surface area contributed by atoms with Gasteiger partial charge in [-0.1, -0.05) is 31.6 Å². The lowest BCUT2D eigenvalue weighted by Gasteiger charge is -2.47. The van der Waals surface area contributed by atoms with Gasteiger partial charge in [0.2, 0.25) is 6.79 Å². The predicted octanol–water partition coefficient (Wildman–Crippen LogP) is 3.95. The first-order valence-electron chi connectivity index (χ1n) is 7.84. The zero-order valence-corrected chi connectivity index (χ0v) is 12.8. The van der Waals surface area contributed by atoms with Crippen LogP contribution < -0.4 is 9.47 Å². The molecule has 3 nitrogen and oxygen atoms in total. The summed E-state index contributed by atoms with van der Waals surface area (Å²) in [7, 11) is 0. The Labute approximate surface area is 125 Å². The van der Waals surface area contributed by atoms with E-state index in [-0.39, 0.29) is 6.10 Å². The zero-order valence-electron chi connectivity index (χ0n) is 12.8. The molecule has 3 aliphatic rings. The van der Waals surface area contributed by atoms with Crippen LogP contribution >= 0.6 is 0 Å². The summed E-state index contributed by atoms with van der Waals surface area (Å²) >= 11 is 0. The average Bonchev–Trinajstić information content (AvgIpc) is 2.91. The number of rotatable bonds is 1. The van der Waals surface area contributed by atoms with E-state index in [0.717, 1.165) is 18.1 Å². The van der Waals surface area contributed by atoms with E-state index in [4.69, 9.17) is 14.2 Å². The minimum atomic E-state index is 0.134. The van der Waals surface area contributed by atoms with E-state index in [1.165, 1.54) is 11.1 Å². The smallest absolute Gasteiger partial charge is 0.231 e. The van der Waals surface area contributed by atoms with E-state index in [0.29, 0.717) is 30.5 Å². The summed E-state index contributed by atoms with van der Waals surface area (Å²) in [5.41, 5.74) is 2.67. The molecule has 3 heteroatoms. The maximum atomic E-state index is 6.26. The first kappa shape index (κ1) is 13.2. The Morgan fingerprint density at radius 2 is 1.90 bits per heavy atom. The lowest BCUT2D eigenvalue weighted by Crippen LogP contribution is -2.42. The lowest BCUT2D eigenvalue weighted by atomic mass is 9.64. The molecule has 2 heterocycles. The van der Waals surface area contributed by atoms with Crippen molar-refractivity contribution in [1.82, 2.24) is 0 Å². The van der Waals surface area contributed by atoms with Gasteiger partial charge >= 0.3 is 0 Å². The topological polar surface area (TPSA) is 27.7 Å². The molecule has 1 saturated heterocycles. The third kappa shape index (κ3) is 1.98. The summed E-state index contributed by atoms with van der Waals surface area (Å²) in [6.07, 6.45) is 2.58. The van der Waals surface area contributed by atoms with Crippen LogP contribution in [0.5, 0.6) is 11.5 Å². The minimum absolute atomic E-state index is 0.134. The first-order valence-corrected chi connectivity index (χ1v) is 7.84. The van der Waals surface area contributed by atoms with Crippen molar-refractivity contribution in [3.63, 3.8) is 0 Å². The van der Waals surface area contributed by atoms with E-state index in [9.17, 15) is 0 Å². The van der Waals surface area contributed by atoms with Crippen molar-refractivity contribution in [2.75, 3.05) is 13.4 Å². The van der Waals surface area contributed by atoms with E-state index >= 15 is 0 Å². The quantitative estimate of drug-likeness (QED) is 0.732. The van der Waals surface area contributed by atoms with Gasteiger partial charge in [0.25, 0.3) is 0 Å². The highest BCUT2D eigenvalue weighted by atomic mass is 16.7. The number of ether oxygens (including phenoxy) is 3. The first-order chi connectivity index (χ1) is 10.1. The van der Waals surface area contributed by atoms with Crippen LogP contribution in [0.3, 0.4) is 0 Å². The van der Waals surface area contributed by atoms with Gasteiger partial charge in [0.1, 0.15) is 0 Å². The molecule has 0 N–H and O–H groups in total. The summed E-state index contributed by atoms with van der Waals surface area (Å²) in [6, 6.07) is 6.21. The van der Waals surface area contributed by atoms with Crippen molar-refractivity contribution >= 4 is 0 Å². The molecule has 1 aliphatic carbocycles. The Bertz CT molecular complexity index is 592. The Hall–Kier alpha value is -1.48. The fourth-order valence-electron chi connectivity index (χ4n) is 4.34. The maximum absolute atomic E-state index is 6.26. The third-order valence-corrected chi connectivity index (χ3v) is 5.49. The molecule has 2 bridgehead atoms. The standard InChI is InChI=1S/C18H22O3/c1-10-6-11(2)17-12(3)14(10)8-19-18(17)13-4-5-15-16(7-13)21-9-20-15/h4-7,10,12,14,17-18H,8-9H2,1-3H3/t10-,12-,14-,17+,18+/m1/s1. The lowest BCUT2D eigenvalue weighted by molar-refractivity contribution is -0.0934. The SMILES string of the molecule is CC1=C[C@@H](C)[C@H]2CO[C@@H](c3ccc4c(c3)OCO4)[C@@H]1[C@@H]2C. The van der Waals surface area contributed by atoms with Crippen molar-refractivity contribution in [3.8, 4) is 11.5 Å². The van der Waals surface area contributed by atoms with E-state index in [1.807, 2.05) is 6.07 Å².